The molecule has 1 unspecified atom stereocenters. The molecule has 0 saturated carbocycles. The van der Waals surface area contributed by atoms with Crippen molar-refractivity contribution in [3.63, 3.8) is 0 Å². The van der Waals surface area contributed by atoms with E-state index >= 15 is 0 Å². The Hall–Kier alpha value is -1.26. The third-order valence-corrected chi connectivity index (χ3v) is 3.57. The highest BCUT2D eigenvalue weighted by Gasteiger charge is 2.18. The van der Waals surface area contributed by atoms with E-state index in [-0.39, 0.29) is 0 Å². The van der Waals surface area contributed by atoms with Crippen molar-refractivity contribution in [3.05, 3.63) is 23.3 Å². The van der Waals surface area contributed by atoms with Crippen LogP contribution < -0.4 is 20.1 Å². The summed E-state index contributed by atoms with van der Waals surface area (Å²) in [4.78, 5) is 0. The molecular weight excluding hydrogens is 240 g/mol. The molecule has 1 aliphatic heterocycles. The quantitative estimate of drug-likeness (QED) is 0.772. The molecule has 0 aliphatic carbocycles. The number of aryl methyl sites for hydroxylation is 1. The zero-order valence-electron chi connectivity index (χ0n) is 12.1. The Morgan fingerprint density at radius 2 is 1.84 bits per heavy atom. The largest absolute Gasteiger partial charge is 0.486 e. The number of nitrogens with one attached hydrogen (secondary N) is 2. The summed E-state index contributed by atoms with van der Waals surface area (Å²) in [6, 6.07) is 4.58. The lowest BCUT2D eigenvalue weighted by Crippen LogP contribution is -2.21. The van der Waals surface area contributed by atoms with Crippen LogP contribution in [-0.2, 0) is 0 Å². The highest BCUT2D eigenvalue weighted by molar-refractivity contribution is 5.48. The molecule has 1 heterocycles. The fourth-order valence-corrected chi connectivity index (χ4v) is 2.52. The monoisotopic (exact) mass is 264 g/mol. The van der Waals surface area contributed by atoms with Gasteiger partial charge in [-0.15, -0.1) is 0 Å². The molecule has 0 amide bonds. The minimum atomic E-state index is 0.365. The van der Waals surface area contributed by atoms with Gasteiger partial charge in [0.15, 0.2) is 11.5 Å². The Balaban J connectivity index is 2.17. The van der Waals surface area contributed by atoms with Crippen molar-refractivity contribution in [2.75, 3.05) is 33.9 Å². The molecule has 1 aromatic rings. The Labute approximate surface area is 115 Å². The summed E-state index contributed by atoms with van der Waals surface area (Å²) in [6.07, 6.45) is 2.26. The Bertz CT molecular complexity index is 421. The molecule has 0 aromatic heterocycles. The van der Waals surface area contributed by atoms with Crippen LogP contribution in [-0.4, -0.2) is 33.9 Å². The third-order valence-electron chi connectivity index (χ3n) is 3.57. The molecule has 4 nitrogen and oxygen atoms in total. The molecule has 0 fully saturated rings. The molecule has 1 aromatic carbocycles. The van der Waals surface area contributed by atoms with Crippen molar-refractivity contribution in [1.82, 2.24) is 10.6 Å². The Morgan fingerprint density at radius 1 is 1.16 bits per heavy atom. The van der Waals surface area contributed by atoms with Gasteiger partial charge in [0.1, 0.15) is 13.2 Å². The predicted molar refractivity (Wildman–Crippen MR) is 77.1 cm³/mol. The smallest absolute Gasteiger partial charge is 0.161 e. The normalized spacial score (nSPS) is 15.3. The first-order chi connectivity index (χ1) is 9.26. The average molecular weight is 264 g/mol. The van der Waals surface area contributed by atoms with Crippen LogP contribution in [0, 0.1) is 6.92 Å². The van der Waals surface area contributed by atoms with Gasteiger partial charge >= 0.3 is 0 Å². The lowest BCUT2D eigenvalue weighted by Gasteiger charge is -2.24. The van der Waals surface area contributed by atoms with Crippen LogP contribution in [0.3, 0.4) is 0 Å². The molecule has 0 bridgehead atoms. The van der Waals surface area contributed by atoms with E-state index in [0.717, 1.165) is 30.9 Å². The van der Waals surface area contributed by atoms with E-state index in [2.05, 4.69) is 29.7 Å². The summed E-state index contributed by atoms with van der Waals surface area (Å²) in [5.41, 5.74) is 2.57. The van der Waals surface area contributed by atoms with Gasteiger partial charge in [-0.1, -0.05) is 0 Å². The van der Waals surface area contributed by atoms with Crippen LogP contribution in [0.25, 0.3) is 0 Å². The molecule has 106 valence electrons. The van der Waals surface area contributed by atoms with Crippen molar-refractivity contribution in [1.29, 1.82) is 0 Å². The van der Waals surface area contributed by atoms with Crippen LogP contribution in [0.5, 0.6) is 11.5 Å². The topological polar surface area (TPSA) is 42.5 Å². The lowest BCUT2D eigenvalue weighted by atomic mass is 9.96. The van der Waals surface area contributed by atoms with Gasteiger partial charge in [-0.3, -0.25) is 0 Å². The van der Waals surface area contributed by atoms with Gasteiger partial charge in [0, 0.05) is 6.04 Å². The average Bonchev–Trinajstić information content (AvgIpc) is 2.43. The molecule has 2 rings (SSSR count). The first-order valence-electron chi connectivity index (χ1n) is 6.98. The number of rotatable bonds is 6. The lowest BCUT2D eigenvalue weighted by molar-refractivity contribution is 0.171. The summed E-state index contributed by atoms with van der Waals surface area (Å²) in [7, 11) is 4.00. The van der Waals surface area contributed by atoms with Crippen molar-refractivity contribution < 1.29 is 9.47 Å². The Morgan fingerprint density at radius 3 is 2.47 bits per heavy atom. The van der Waals surface area contributed by atoms with E-state index < -0.39 is 0 Å². The predicted octanol–water partition coefficient (Wildman–Crippen LogP) is 2.03. The van der Waals surface area contributed by atoms with Gasteiger partial charge in [0.25, 0.3) is 0 Å². The summed E-state index contributed by atoms with van der Waals surface area (Å²) in [5, 5.41) is 6.59. The fourth-order valence-electron chi connectivity index (χ4n) is 2.52. The van der Waals surface area contributed by atoms with E-state index in [1.807, 2.05) is 14.1 Å². The second-order valence-corrected chi connectivity index (χ2v) is 4.94. The first kappa shape index (κ1) is 14.2. The Kier molecular flexibility index (Phi) is 5.05. The van der Waals surface area contributed by atoms with E-state index in [4.69, 9.17) is 9.47 Å². The van der Waals surface area contributed by atoms with Crippen LogP contribution in [0.15, 0.2) is 12.1 Å². The van der Waals surface area contributed by atoms with E-state index in [1.165, 1.54) is 11.1 Å². The van der Waals surface area contributed by atoms with Gasteiger partial charge in [-0.05, 0) is 63.7 Å². The van der Waals surface area contributed by atoms with Crippen molar-refractivity contribution >= 4 is 0 Å². The molecular formula is C15H24N2O2. The maximum atomic E-state index is 5.67. The maximum Gasteiger partial charge on any atom is 0.161 e. The number of hydrogen-bond donors (Lipinski definition) is 2. The summed E-state index contributed by atoms with van der Waals surface area (Å²) < 4.78 is 11.3. The summed E-state index contributed by atoms with van der Waals surface area (Å²) in [5.74, 6) is 1.75. The van der Waals surface area contributed by atoms with Crippen LogP contribution >= 0.6 is 0 Å². The highest BCUT2D eigenvalue weighted by atomic mass is 16.6. The number of benzene rings is 1. The number of fused-ring (bicyclic) bond motifs is 1. The molecule has 1 atom stereocenters. The third kappa shape index (κ3) is 3.39. The molecule has 0 radical (unpaired) electrons. The summed E-state index contributed by atoms with van der Waals surface area (Å²) >= 11 is 0. The first-order valence-corrected chi connectivity index (χ1v) is 6.98. The van der Waals surface area contributed by atoms with Gasteiger partial charge in [-0.2, -0.15) is 0 Å². The van der Waals surface area contributed by atoms with E-state index in [0.29, 0.717) is 19.3 Å². The summed E-state index contributed by atoms with van der Waals surface area (Å²) in [6.45, 7) is 4.46. The SMILES string of the molecule is CNCCCC(NC)c1cc2c(cc1C)OCCO2. The molecule has 4 heteroatoms. The minimum absolute atomic E-state index is 0.365. The van der Waals surface area contributed by atoms with Gasteiger partial charge in [0.05, 0.1) is 0 Å². The highest BCUT2D eigenvalue weighted by Crippen LogP contribution is 2.35. The second kappa shape index (κ2) is 6.78. The zero-order valence-corrected chi connectivity index (χ0v) is 12.1. The van der Waals surface area contributed by atoms with E-state index in [9.17, 15) is 0 Å². The minimum Gasteiger partial charge on any atom is -0.486 e. The second-order valence-electron chi connectivity index (χ2n) is 4.94. The number of ether oxygens (including phenoxy) is 2. The molecule has 1 aliphatic rings. The molecule has 0 saturated heterocycles. The standard InChI is InChI=1S/C15H24N2O2/c1-11-9-14-15(19-8-7-18-14)10-12(11)13(17-3)5-4-6-16-2/h9-10,13,16-17H,4-8H2,1-3H3. The number of hydrogen-bond acceptors (Lipinski definition) is 4. The van der Waals surface area contributed by atoms with Crippen molar-refractivity contribution in [2.24, 2.45) is 0 Å². The zero-order chi connectivity index (χ0) is 13.7. The fraction of sp³-hybridized carbons (Fsp3) is 0.600. The van der Waals surface area contributed by atoms with Crippen LogP contribution in [0.1, 0.15) is 30.0 Å². The van der Waals surface area contributed by atoms with E-state index in [1.54, 1.807) is 0 Å². The molecule has 19 heavy (non-hydrogen) atoms. The molecule has 2 N–H and O–H groups in total. The molecule has 0 spiro atoms. The van der Waals surface area contributed by atoms with Gasteiger partial charge < -0.3 is 20.1 Å². The van der Waals surface area contributed by atoms with Crippen LogP contribution in [0.2, 0.25) is 0 Å². The van der Waals surface area contributed by atoms with Crippen molar-refractivity contribution in [3.8, 4) is 11.5 Å². The maximum absolute atomic E-state index is 5.67. The van der Waals surface area contributed by atoms with Gasteiger partial charge in [-0.25, -0.2) is 0 Å². The van der Waals surface area contributed by atoms with Gasteiger partial charge in [0.2, 0.25) is 0 Å². The van der Waals surface area contributed by atoms with Crippen LogP contribution in [0.4, 0.5) is 0 Å². The van der Waals surface area contributed by atoms with Crippen molar-refractivity contribution in [2.45, 2.75) is 25.8 Å².